The van der Waals surface area contributed by atoms with Crippen LogP contribution in [0.3, 0.4) is 0 Å². The van der Waals surface area contributed by atoms with Crippen LogP contribution in [0.15, 0.2) is 10.6 Å². The fraction of sp³-hybridized carbons (Fsp3) is 0.625. The van der Waals surface area contributed by atoms with E-state index in [1.165, 1.54) is 0 Å². The van der Waals surface area contributed by atoms with Crippen molar-refractivity contribution < 1.29 is 9.90 Å². The minimum atomic E-state index is -0.782. The Morgan fingerprint density at radius 2 is 1.92 bits per heavy atom. The number of aliphatic carboxylic acids is 1. The van der Waals surface area contributed by atoms with Crippen molar-refractivity contribution in [2.75, 3.05) is 0 Å². The molecule has 0 aromatic carbocycles. The van der Waals surface area contributed by atoms with E-state index in [9.17, 15) is 4.79 Å². The van der Waals surface area contributed by atoms with E-state index in [1.807, 2.05) is 13.8 Å². The Bertz CT molecular complexity index is 244. The highest BCUT2D eigenvalue weighted by Gasteiger charge is 2.60. The lowest BCUT2D eigenvalue weighted by Crippen LogP contribution is -2.02. The number of hydrogen-bond donors (Lipinski definition) is 1. The summed E-state index contributed by atoms with van der Waals surface area (Å²) in [6.45, 7) is 3.79. The van der Waals surface area contributed by atoms with Gasteiger partial charge in [0.25, 0.3) is 0 Å². The molecule has 1 N–H and O–H groups in total. The predicted octanol–water partition coefficient (Wildman–Crippen LogP) is 3.08. The van der Waals surface area contributed by atoms with E-state index >= 15 is 0 Å². The van der Waals surface area contributed by atoms with E-state index in [0.717, 1.165) is 0 Å². The van der Waals surface area contributed by atoms with Crippen molar-refractivity contribution in [3.8, 4) is 0 Å². The molecular weight excluding hydrogens is 234 g/mol. The van der Waals surface area contributed by atoms with Gasteiger partial charge in [0, 0.05) is 0 Å². The lowest BCUT2D eigenvalue weighted by molar-refractivity contribution is -0.139. The van der Waals surface area contributed by atoms with E-state index < -0.39 is 5.97 Å². The van der Waals surface area contributed by atoms with Gasteiger partial charge in [0.05, 0.1) is 5.92 Å². The molecule has 0 aromatic rings. The van der Waals surface area contributed by atoms with Crippen LogP contribution in [0.2, 0.25) is 0 Å². The SMILES string of the molecule is CC1(C)C(C=C(Cl)Cl)C1C(=O)O.Cl. The third-order valence-electron chi connectivity index (χ3n) is 2.48. The summed E-state index contributed by atoms with van der Waals surface area (Å²) in [6, 6.07) is 0. The first-order valence-corrected chi connectivity index (χ1v) is 4.38. The lowest BCUT2D eigenvalue weighted by atomic mass is 10.1. The molecule has 0 aromatic heterocycles. The molecule has 0 aliphatic heterocycles. The molecule has 1 saturated carbocycles. The average Bonchev–Trinajstić information content (AvgIpc) is 2.32. The van der Waals surface area contributed by atoms with Gasteiger partial charge < -0.3 is 5.11 Å². The van der Waals surface area contributed by atoms with Crippen molar-refractivity contribution in [1.82, 2.24) is 0 Å². The second kappa shape index (κ2) is 4.07. The molecule has 2 unspecified atom stereocenters. The zero-order valence-electron chi connectivity index (χ0n) is 7.25. The Hall–Kier alpha value is 0.0800. The summed E-state index contributed by atoms with van der Waals surface area (Å²) in [6.07, 6.45) is 1.60. The van der Waals surface area contributed by atoms with Gasteiger partial charge in [-0.1, -0.05) is 37.0 Å². The maximum atomic E-state index is 10.7. The van der Waals surface area contributed by atoms with Gasteiger partial charge in [-0.2, -0.15) is 0 Å². The summed E-state index contributed by atoms with van der Waals surface area (Å²) in [5, 5.41) is 8.76. The predicted molar refractivity (Wildman–Crippen MR) is 55.4 cm³/mol. The van der Waals surface area contributed by atoms with Crippen molar-refractivity contribution >= 4 is 41.6 Å². The highest BCUT2D eigenvalue weighted by molar-refractivity contribution is 6.55. The van der Waals surface area contributed by atoms with Crippen molar-refractivity contribution in [3.63, 3.8) is 0 Å². The minimum absolute atomic E-state index is 0. The molecule has 5 heteroatoms. The monoisotopic (exact) mass is 244 g/mol. The smallest absolute Gasteiger partial charge is 0.307 e. The summed E-state index contributed by atoms with van der Waals surface area (Å²) in [4.78, 5) is 10.7. The van der Waals surface area contributed by atoms with Crippen LogP contribution in [0, 0.1) is 17.3 Å². The number of allylic oxidation sites excluding steroid dienone is 1. The van der Waals surface area contributed by atoms with Crippen LogP contribution < -0.4 is 0 Å². The Kier molecular flexibility index (Phi) is 4.10. The first-order chi connectivity index (χ1) is 5.37. The second-order valence-corrected chi connectivity index (χ2v) is 4.63. The van der Waals surface area contributed by atoms with Gasteiger partial charge in [0.1, 0.15) is 4.49 Å². The molecule has 2 nitrogen and oxygen atoms in total. The Morgan fingerprint density at radius 3 is 2.15 bits per heavy atom. The van der Waals surface area contributed by atoms with Crippen LogP contribution in [0.25, 0.3) is 0 Å². The van der Waals surface area contributed by atoms with E-state index in [-0.39, 0.29) is 34.1 Å². The van der Waals surface area contributed by atoms with Crippen LogP contribution >= 0.6 is 35.6 Å². The Balaban J connectivity index is 0.00000144. The summed E-state index contributed by atoms with van der Waals surface area (Å²) in [5.41, 5.74) is -0.207. The number of rotatable bonds is 2. The van der Waals surface area contributed by atoms with Gasteiger partial charge in [0.15, 0.2) is 0 Å². The second-order valence-electron chi connectivity index (χ2n) is 3.62. The molecule has 1 aliphatic rings. The number of halogens is 3. The number of carboxylic acids is 1. The molecule has 1 fully saturated rings. The molecule has 0 amide bonds. The summed E-state index contributed by atoms with van der Waals surface area (Å²) in [7, 11) is 0. The number of carbonyl (C=O) groups is 1. The fourth-order valence-corrected chi connectivity index (χ4v) is 1.87. The van der Waals surface area contributed by atoms with Crippen LogP contribution in [0.5, 0.6) is 0 Å². The molecule has 0 bridgehead atoms. The third-order valence-corrected chi connectivity index (χ3v) is 2.73. The fourth-order valence-electron chi connectivity index (χ4n) is 1.60. The summed E-state index contributed by atoms with van der Waals surface area (Å²) in [5.74, 6) is -1.15. The van der Waals surface area contributed by atoms with E-state index in [4.69, 9.17) is 28.3 Å². The van der Waals surface area contributed by atoms with Crippen molar-refractivity contribution in [2.45, 2.75) is 13.8 Å². The number of hydrogen-bond acceptors (Lipinski definition) is 1. The van der Waals surface area contributed by atoms with Gasteiger partial charge in [0.2, 0.25) is 0 Å². The average molecular weight is 246 g/mol. The topological polar surface area (TPSA) is 37.3 Å². The standard InChI is InChI=1S/C8H10Cl2O2.ClH/c1-8(2)4(3-5(9)10)6(8)7(11)12;/h3-4,6H,1-2H3,(H,11,12);1H. The zero-order chi connectivity index (χ0) is 9.52. The Labute approximate surface area is 93.3 Å². The van der Waals surface area contributed by atoms with Crippen LogP contribution in [0.1, 0.15) is 13.8 Å². The molecule has 0 spiro atoms. The highest BCUT2D eigenvalue weighted by Crippen LogP contribution is 2.59. The van der Waals surface area contributed by atoms with Gasteiger partial charge in [-0.3, -0.25) is 4.79 Å². The summed E-state index contributed by atoms with van der Waals surface area (Å²) >= 11 is 10.9. The quantitative estimate of drug-likeness (QED) is 0.812. The van der Waals surface area contributed by atoms with Gasteiger partial charge in [-0.15, -0.1) is 12.4 Å². The van der Waals surface area contributed by atoms with E-state index in [2.05, 4.69) is 0 Å². The van der Waals surface area contributed by atoms with Gasteiger partial charge in [-0.05, 0) is 17.4 Å². The van der Waals surface area contributed by atoms with Crippen LogP contribution in [0.4, 0.5) is 0 Å². The Morgan fingerprint density at radius 1 is 1.46 bits per heavy atom. The third kappa shape index (κ3) is 2.52. The van der Waals surface area contributed by atoms with Crippen molar-refractivity contribution in [2.24, 2.45) is 17.3 Å². The molecule has 1 rings (SSSR count). The van der Waals surface area contributed by atoms with Crippen LogP contribution in [-0.4, -0.2) is 11.1 Å². The molecule has 2 atom stereocenters. The van der Waals surface area contributed by atoms with Crippen LogP contribution in [-0.2, 0) is 4.79 Å². The minimum Gasteiger partial charge on any atom is -0.481 e. The van der Waals surface area contributed by atoms with E-state index in [0.29, 0.717) is 0 Å². The zero-order valence-corrected chi connectivity index (χ0v) is 9.58. The molecule has 0 saturated heterocycles. The largest absolute Gasteiger partial charge is 0.481 e. The van der Waals surface area contributed by atoms with Gasteiger partial charge >= 0.3 is 5.97 Å². The normalized spacial score (nSPS) is 28.6. The van der Waals surface area contributed by atoms with Crippen molar-refractivity contribution in [3.05, 3.63) is 10.6 Å². The van der Waals surface area contributed by atoms with Gasteiger partial charge in [-0.25, -0.2) is 0 Å². The maximum Gasteiger partial charge on any atom is 0.307 e. The van der Waals surface area contributed by atoms with Crippen molar-refractivity contribution in [1.29, 1.82) is 0 Å². The first kappa shape index (κ1) is 13.1. The maximum absolute atomic E-state index is 10.7. The molecule has 13 heavy (non-hydrogen) atoms. The molecule has 0 heterocycles. The molecular formula is C8H11Cl3O2. The number of carboxylic acid groups (broad SMARTS) is 1. The van der Waals surface area contributed by atoms with E-state index in [1.54, 1.807) is 6.08 Å². The molecule has 1 aliphatic carbocycles. The highest BCUT2D eigenvalue weighted by atomic mass is 35.5. The lowest BCUT2D eigenvalue weighted by Gasteiger charge is -1.96. The first-order valence-electron chi connectivity index (χ1n) is 3.63. The summed E-state index contributed by atoms with van der Waals surface area (Å²) < 4.78 is 0.150. The molecule has 76 valence electrons. The molecule has 0 radical (unpaired) electrons.